The van der Waals surface area contributed by atoms with Crippen LogP contribution in [0.4, 0.5) is 0 Å². The number of nitrogens with two attached hydrogens (primary N) is 1. The maximum Gasteiger partial charge on any atom is 0.0479 e. The minimum absolute atomic E-state index is 0.660. The van der Waals surface area contributed by atoms with Gasteiger partial charge in [-0.15, -0.1) is 0 Å². The minimum atomic E-state index is 0.660. The molecule has 0 spiro atoms. The molecule has 0 saturated heterocycles. The second kappa shape index (κ2) is 4.32. The van der Waals surface area contributed by atoms with Crippen LogP contribution < -0.4 is 5.73 Å². The normalized spacial score (nSPS) is 8.89. The Bertz CT molecular complexity index is 94.5. The zero-order chi connectivity index (χ0) is 7.28. The SMILES string of the molecule is CC(C)=NN(C)CCN. The van der Waals surface area contributed by atoms with Crippen LogP contribution in [0.25, 0.3) is 0 Å². The highest BCUT2D eigenvalue weighted by Gasteiger charge is 1.87. The lowest BCUT2D eigenvalue weighted by atomic mass is 10.5. The molecular weight excluding hydrogens is 114 g/mol. The molecule has 0 heterocycles. The molecule has 0 aromatic heterocycles. The maximum atomic E-state index is 5.29. The molecule has 3 heteroatoms. The summed E-state index contributed by atoms with van der Waals surface area (Å²) in [6.07, 6.45) is 0. The summed E-state index contributed by atoms with van der Waals surface area (Å²) in [5.74, 6) is 0. The zero-order valence-corrected chi connectivity index (χ0v) is 6.39. The topological polar surface area (TPSA) is 41.6 Å². The monoisotopic (exact) mass is 129 g/mol. The van der Waals surface area contributed by atoms with Gasteiger partial charge >= 0.3 is 0 Å². The zero-order valence-electron chi connectivity index (χ0n) is 6.39. The molecular formula is C6H15N3. The van der Waals surface area contributed by atoms with Gasteiger partial charge < -0.3 is 5.73 Å². The van der Waals surface area contributed by atoms with Crippen molar-refractivity contribution in [1.29, 1.82) is 0 Å². The van der Waals surface area contributed by atoms with Gasteiger partial charge in [-0.2, -0.15) is 5.10 Å². The Labute approximate surface area is 56.5 Å². The molecule has 0 amide bonds. The second-order valence-corrected chi connectivity index (χ2v) is 2.22. The number of hydrazone groups is 1. The third kappa shape index (κ3) is 5.30. The Kier molecular flexibility index (Phi) is 4.05. The van der Waals surface area contributed by atoms with Crippen LogP contribution >= 0.6 is 0 Å². The molecule has 0 bridgehead atoms. The first kappa shape index (κ1) is 8.43. The summed E-state index contributed by atoms with van der Waals surface area (Å²) in [5, 5.41) is 5.98. The fourth-order valence-electron chi connectivity index (χ4n) is 0.578. The molecule has 0 saturated carbocycles. The predicted molar refractivity (Wildman–Crippen MR) is 40.5 cm³/mol. The summed E-state index contributed by atoms with van der Waals surface area (Å²) < 4.78 is 0. The summed E-state index contributed by atoms with van der Waals surface area (Å²) in [6.45, 7) is 5.42. The summed E-state index contributed by atoms with van der Waals surface area (Å²) in [4.78, 5) is 0. The van der Waals surface area contributed by atoms with Crippen LogP contribution in [0, 0.1) is 0 Å². The van der Waals surface area contributed by atoms with E-state index in [0.717, 1.165) is 12.3 Å². The van der Waals surface area contributed by atoms with Crippen LogP contribution in [0.15, 0.2) is 5.10 Å². The Hall–Kier alpha value is -0.570. The van der Waals surface area contributed by atoms with Crippen LogP contribution in [0.1, 0.15) is 13.8 Å². The average Bonchev–Trinajstić information content (AvgIpc) is 1.63. The van der Waals surface area contributed by atoms with Crippen molar-refractivity contribution < 1.29 is 0 Å². The summed E-state index contributed by atoms with van der Waals surface area (Å²) in [6, 6.07) is 0. The van der Waals surface area contributed by atoms with E-state index in [-0.39, 0.29) is 0 Å². The molecule has 0 aliphatic heterocycles. The van der Waals surface area contributed by atoms with Gasteiger partial charge in [-0.1, -0.05) is 0 Å². The third-order valence-corrected chi connectivity index (χ3v) is 0.823. The highest BCUT2D eigenvalue weighted by Crippen LogP contribution is 1.82. The number of nitrogens with zero attached hydrogens (tertiary/aromatic N) is 2. The van der Waals surface area contributed by atoms with E-state index in [1.165, 1.54) is 0 Å². The van der Waals surface area contributed by atoms with Crippen molar-refractivity contribution in [2.24, 2.45) is 10.8 Å². The van der Waals surface area contributed by atoms with Crippen molar-refractivity contribution in [3.8, 4) is 0 Å². The summed E-state index contributed by atoms with van der Waals surface area (Å²) in [5.41, 5.74) is 6.36. The van der Waals surface area contributed by atoms with Crippen LogP contribution in [0.3, 0.4) is 0 Å². The third-order valence-electron chi connectivity index (χ3n) is 0.823. The Morgan fingerprint density at radius 2 is 2.11 bits per heavy atom. The first-order valence-electron chi connectivity index (χ1n) is 3.10. The van der Waals surface area contributed by atoms with E-state index in [0.29, 0.717) is 6.54 Å². The summed E-state index contributed by atoms with van der Waals surface area (Å²) >= 11 is 0. The molecule has 0 rings (SSSR count). The standard InChI is InChI=1S/C6H15N3/c1-6(2)8-9(3)5-4-7/h4-5,7H2,1-3H3. The van der Waals surface area contributed by atoms with Crippen LogP contribution in [-0.4, -0.2) is 30.9 Å². The maximum absolute atomic E-state index is 5.29. The molecule has 54 valence electrons. The molecule has 0 aliphatic carbocycles. The molecule has 0 aromatic rings. The van der Waals surface area contributed by atoms with Gasteiger partial charge in [-0.3, -0.25) is 5.01 Å². The first-order valence-corrected chi connectivity index (χ1v) is 3.10. The van der Waals surface area contributed by atoms with Crippen molar-refractivity contribution in [2.45, 2.75) is 13.8 Å². The highest BCUT2D eigenvalue weighted by molar-refractivity contribution is 5.78. The first-order chi connectivity index (χ1) is 4.16. The van der Waals surface area contributed by atoms with E-state index >= 15 is 0 Å². The molecule has 0 radical (unpaired) electrons. The van der Waals surface area contributed by atoms with Gasteiger partial charge in [0, 0.05) is 25.8 Å². The van der Waals surface area contributed by atoms with Gasteiger partial charge in [0.05, 0.1) is 0 Å². The molecule has 2 N–H and O–H groups in total. The van der Waals surface area contributed by atoms with Gasteiger partial charge in [0.2, 0.25) is 0 Å². The Balaban J connectivity index is 3.49. The molecule has 0 atom stereocenters. The molecule has 0 unspecified atom stereocenters. The van der Waals surface area contributed by atoms with E-state index < -0.39 is 0 Å². The Morgan fingerprint density at radius 1 is 1.56 bits per heavy atom. The van der Waals surface area contributed by atoms with Crippen molar-refractivity contribution >= 4 is 5.71 Å². The average molecular weight is 129 g/mol. The smallest absolute Gasteiger partial charge is 0.0479 e. The number of hydrogen-bond donors (Lipinski definition) is 1. The molecule has 9 heavy (non-hydrogen) atoms. The van der Waals surface area contributed by atoms with Crippen molar-refractivity contribution in [1.82, 2.24) is 5.01 Å². The van der Waals surface area contributed by atoms with E-state index in [4.69, 9.17) is 5.73 Å². The van der Waals surface area contributed by atoms with Gasteiger partial charge in [0.1, 0.15) is 0 Å². The molecule has 0 aromatic carbocycles. The van der Waals surface area contributed by atoms with E-state index in [1.54, 1.807) is 0 Å². The fraction of sp³-hybridized carbons (Fsp3) is 0.833. The lowest BCUT2D eigenvalue weighted by molar-refractivity contribution is 0.364. The Morgan fingerprint density at radius 3 is 2.44 bits per heavy atom. The van der Waals surface area contributed by atoms with Gasteiger partial charge in [0.15, 0.2) is 0 Å². The number of hydrogen-bond acceptors (Lipinski definition) is 3. The van der Waals surface area contributed by atoms with Gasteiger partial charge in [-0.05, 0) is 13.8 Å². The summed E-state index contributed by atoms with van der Waals surface area (Å²) in [7, 11) is 1.92. The van der Waals surface area contributed by atoms with Crippen molar-refractivity contribution in [2.75, 3.05) is 20.1 Å². The van der Waals surface area contributed by atoms with Crippen LogP contribution in [0.5, 0.6) is 0 Å². The molecule has 3 nitrogen and oxygen atoms in total. The predicted octanol–water partition coefficient (Wildman–Crippen LogP) is 0.273. The van der Waals surface area contributed by atoms with Crippen LogP contribution in [0.2, 0.25) is 0 Å². The van der Waals surface area contributed by atoms with E-state index in [9.17, 15) is 0 Å². The fourth-order valence-corrected chi connectivity index (χ4v) is 0.578. The largest absolute Gasteiger partial charge is 0.329 e. The minimum Gasteiger partial charge on any atom is -0.329 e. The van der Waals surface area contributed by atoms with Crippen molar-refractivity contribution in [3.63, 3.8) is 0 Å². The van der Waals surface area contributed by atoms with Crippen LogP contribution in [-0.2, 0) is 0 Å². The molecule has 0 aliphatic rings. The highest BCUT2D eigenvalue weighted by atomic mass is 15.4. The van der Waals surface area contributed by atoms with E-state index in [1.807, 2.05) is 25.9 Å². The second-order valence-electron chi connectivity index (χ2n) is 2.22. The number of likely N-dealkylation sites (N-methyl/N-ethyl adjacent to an activating group) is 1. The number of rotatable bonds is 3. The quantitative estimate of drug-likeness (QED) is 0.439. The lowest BCUT2D eigenvalue weighted by Crippen LogP contribution is -2.21. The molecule has 0 fully saturated rings. The van der Waals surface area contributed by atoms with Crippen molar-refractivity contribution in [3.05, 3.63) is 0 Å². The van der Waals surface area contributed by atoms with Gasteiger partial charge in [0.25, 0.3) is 0 Å². The van der Waals surface area contributed by atoms with Gasteiger partial charge in [-0.25, -0.2) is 0 Å². The van der Waals surface area contributed by atoms with E-state index in [2.05, 4.69) is 5.10 Å². The lowest BCUT2D eigenvalue weighted by Gasteiger charge is -2.10.